The van der Waals surface area contributed by atoms with E-state index in [2.05, 4.69) is 5.32 Å². The van der Waals surface area contributed by atoms with Crippen molar-refractivity contribution in [3.05, 3.63) is 89.1 Å². The second-order valence-corrected chi connectivity index (χ2v) is 10.5. The zero-order valence-corrected chi connectivity index (χ0v) is 22.5. The van der Waals surface area contributed by atoms with Gasteiger partial charge in [0, 0.05) is 42.7 Å². The van der Waals surface area contributed by atoms with Crippen molar-refractivity contribution >= 4 is 17.5 Å². The molecule has 3 atom stereocenters. The predicted molar refractivity (Wildman–Crippen MR) is 143 cm³/mol. The Balaban J connectivity index is 1.31. The van der Waals surface area contributed by atoms with E-state index in [0.717, 1.165) is 23.6 Å². The second-order valence-electron chi connectivity index (χ2n) is 10.1. The first-order chi connectivity index (χ1) is 18.5. The summed E-state index contributed by atoms with van der Waals surface area (Å²) in [4.78, 5) is 15.0. The van der Waals surface area contributed by atoms with Gasteiger partial charge < -0.3 is 14.6 Å². The summed E-state index contributed by atoms with van der Waals surface area (Å²) in [6.07, 6.45) is -2.03. The Morgan fingerprint density at radius 3 is 2.54 bits per heavy atom. The number of halogens is 5. The number of carbonyl (C=O) groups excluding carboxylic acids is 1. The number of likely N-dealkylation sites (tertiary alicyclic amines) is 1. The smallest absolute Gasteiger partial charge is 0.416 e. The third-order valence-electron chi connectivity index (χ3n) is 6.57. The van der Waals surface area contributed by atoms with Gasteiger partial charge in [0.25, 0.3) is 5.91 Å². The van der Waals surface area contributed by atoms with Crippen molar-refractivity contribution in [2.45, 2.75) is 57.7 Å². The fourth-order valence-electron chi connectivity index (χ4n) is 4.59. The van der Waals surface area contributed by atoms with Crippen LogP contribution < -0.4 is 10.1 Å². The van der Waals surface area contributed by atoms with Crippen LogP contribution in [0.4, 0.5) is 17.6 Å². The molecule has 0 aliphatic carbocycles. The van der Waals surface area contributed by atoms with Gasteiger partial charge in [0.05, 0.1) is 11.6 Å². The van der Waals surface area contributed by atoms with E-state index >= 15 is 4.39 Å². The molecule has 10 heteroatoms. The van der Waals surface area contributed by atoms with Gasteiger partial charge in [0.15, 0.2) is 6.10 Å². The number of rotatable bonds is 9. The molecule has 209 valence electrons. The molecule has 1 saturated heterocycles. The number of aromatic nitrogens is 1. The average molecular weight is 565 g/mol. The lowest BCUT2D eigenvalue weighted by atomic mass is 10.0. The van der Waals surface area contributed by atoms with Crippen molar-refractivity contribution in [2.24, 2.45) is 0 Å². The van der Waals surface area contributed by atoms with Gasteiger partial charge in [-0.3, -0.25) is 9.69 Å². The third kappa shape index (κ3) is 7.99. The molecular formula is C29H31ClF4N3O2. The SMILES string of the molecule is C[C](C)CC(Oc1cccc(Cl)c1)C(=O)N[C@@H]1CCN(Cc2ccn(-c3ccc(C(F)(F)F)cc3)c2)C[C@H]1F. The number of nitrogens with zero attached hydrogens (tertiary/aromatic N) is 2. The summed E-state index contributed by atoms with van der Waals surface area (Å²) in [5.74, 6) is 1.11. The molecule has 0 saturated carbocycles. The first-order valence-electron chi connectivity index (χ1n) is 12.7. The molecule has 1 N–H and O–H groups in total. The molecule has 2 aromatic carbocycles. The van der Waals surface area contributed by atoms with E-state index in [9.17, 15) is 18.0 Å². The minimum atomic E-state index is -4.38. The molecule has 1 radical (unpaired) electrons. The first-order valence-corrected chi connectivity index (χ1v) is 13.1. The van der Waals surface area contributed by atoms with Crippen molar-refractivity contribution in [2.75, 3.05) is 13.1 Å². The molecule has 1 amide bonds. The number of benzene rings is 2. The number of nitrogens with one attached hydrogen (secondary N) is 1. The second kappa shape index (κ2) is 12.4. The standard InChI is InChI=1S/C29H31ClF4N3O2/c1-19(2)14-27(39-24-5-3-4-22(30)15-24)28(38)35-26-11-12-36(18-25(26)31)16-20-10-13-37(17-20)23-8-6-21(7-9-23)29(32,33)34/h3-10,13,15,17,25-27H,11-12,14,16,18H2,1-2H3,(H,35,38)/t25-,26-,27?/m1/s1. The number of ether oxygens (including phenoxy) is 1. The number of hydrogen-bond donors (Lipinski definition) is 1. The number of alkyl halides is 4. The minimum Gasteiger partial charge on any atom is -0.481 e. The number of carbonyl (C=O) groups is 1. The fraction of sp³-hybridized carbons (Fsp3) is 0.379. The Hall–Kier alpha value is -3.04. The average Bonchev–Trinajstić information content (AvgIpc) is 3.33. The maximum absolute atomic E-state index is 15.2. The summed E-state index contributed by atoms with van der Waals surface area (Å²) in [6, 6.07) is 13.0. The van der Waals surface area contributed by atoms with Gasteiger partial charge in [0.2, 0.25) is 0 Å². The van der Waals surface area contributed by atoms with Crippen LogP contribution in [0.2, 0.25) is 5.02 Å². The van der Waals surface area contributed by atoms with Crippen LogP contribution in [0.3, 0.4) is 0 Å². The number of piperidine rings is 1. The monoisotopic (exact) mass is 564 g/mol. The van der Waals surface area contributed by atoms with E-state index in [1.54, 1.807) is 35.0 Å². The Bertz CT molecular complexity index is 1250. The molecule has 0 spiro atoms. The normalized spacial score (nSPS) is 19.2. The third-order valence-corrected chi connectivity index (χ3v) is 6.80. The molecule has 1 aromatic heterocycles. The van der Waals surface area contributed by atoms with Gasteiger partial charge in [-0.1, -0.05) is 31.5 Å². The van der Waals surface area contributed by atoms with Crippen LogP contribution in [-0.2, 0) is 17.5 Å². The van der Waals surface area contributed by atoms with E-state index in [-0.39, 0.29) is 12.5 Å². The fourth-order valence-corrected chi connectivity index (χ4v) is 4.77. The molecule has 2 heterocycles. The van der Waals surface area contributed by atoms with Crippen LogP contribution in [0.25, 0.3) is 5.69 Å². The van der Waals surface area contributed by atoms with Gasteiger partial charge in [-0.15, -0.1) is 0 Å². The van der Waals surface area contributed by atoms with Gasteiger partial charge in [-0.05, 0) is 72.9 Å². The van der Waals surface area contributed by atoms with Crippen molar-refractivity contribution in [1.29, 1.82) is 0 Å². The molecule has 39 heavy (non-hydrogen) atoms. The number of amides is 1. The molecule has 1 aliphatic heterocycles. The summed E-state index contributed by atoms with van der Waals surface area (Å²) in [7, 11) is 0. The van der Waals surface area contributed by atoms with Crippen molar-refractivity contribution in [3.63, 3.8) is 0 Å². The highest BCUT2D eigenvalue weighted by molar-refractivity contribution is 6.30. The lowest BCUT2D eigenvalue weighted by Gasteiger charge is -2.35. The van der Waals surface area contributed by atoms with Crippen molar-refractivity contribution in [3.8, 4) is 11.4 Å². The Morgan fingerprint density at radius 1 is 1.15 bits per heavy atom. The Labute approximate surface area is 230 Å². The lowest BCUT2D eigenvalue weighted by molar-refractivity contribution is -0.137. The molecular weight excluding hydrogens is 534 g/mol. The van der Waals surface area contributed by atoms with E-state index in [1.807, 2.05) is 31.0 Å². The summed E-state index contributed by atoms with van der Waals surface area (Å²) in [6.45, 7) is 5.02. The van der Waals surface area contributed by atoms with E-state index < -0.39 is 30.1 Å². The molecule has 1 aliphatic rings. The molecule has 5 nitrogen and oxygen atoms in total. The molecule has 0 bridgehead atoms. The highest BCUT2D eigenvalue weighted by Crippen LogP contribution is 2.30. The van der Waals surface area contributed by atoms with E-state index in [0.29, 0.717) is 42.4 Å². The summed E-state index contributed by atoms with van der Waals surface area (Å²) in [5.41, 5.74) is 0.814. The molecule has 1 unspecified atom stereocenters. The van der Waals surface area contributed by atoms with Crippen LogP contribution in [0.1, 0.15) is 37.8 Å². The summed E-state index contributed by atoms with van der Waals surface area (Å²) >= 11 is 6.03. The largest absolute Gasteiger partial charge is 0.481 e. The molecule has 3 aromatic rings. The highest BCUT2D eigenvalue weighted by atomic mass is 35.5. The summed E-state index contributed by atoms with van der Waals surface area (Å²) < 4.78 is 61.3. The Morgan fingerprint density at radius 2 is 1.90 bits per heavy atom. The number of hydrogen-bond acceptors (Lipinski definition) is 3. The minimum absolute atomic E-state index is 0.148. The zero-order valence-electron chi connectivity index (χ0n) is 21.7. The van der Waals surface area contributed by atoms with Crippen LogP contribution in [-0.4, -0.2) is 46.8 Å². The van der Waals surface area contributed by atoms with Crippen LogP contribution in [0.15, 0.2) is 67.0 Å². The van der Waals surface area contributed by atoms with Crippen LogP contribution >= 0.6 is 11.6 Å². The maximum Gasteiger partial charge on any atom is 0.416 e. The van der Waals surface area contributed by atoms with Gasteiger partial charge in [0.1, 0.15) is 11.9 Å². The Kier molecular flexibility index (Phi) is 9.23. The highest BCUT2D eigenvalue weighted by Gasteiger charge is 2.33. The van der Waals surface area contributed by atoms with Gasteiger partial charge in [-0.2, -0.15) is 13.2 Å². The quantitative estimate of drug-likeness (QED) is 0.297. The van der Waals surface area contributed by atoms with Gasteiger partial charge >= 0.3 is 6.18 Å². The maximum atomic E-state index is 15.2. The summed E-state index contributed by atoms with van der Waals surface area (Å²) in [5, 5.41) is 3.33. The zero-order chi connectivity index (χ0) is 28.2. The molecule has 1 fully saturated rings. The van der Waals surface area contributed by atoms with E-state index in [1.165, 1.54) is 12.1 Å². The van der Waals surface area contributed by atoms with Crippen LogP contribution in [0.5, 0.6) is 5.75 Å². The van der Waals surface area contributed by atoms with Crippen molar-refractivity contribution in [1.82, 2.24) is 14.8 Å². The lowest BCUT2D eigenvalue weighted by Crippen LogP contribution is -2.54. The van der Waals surface area contributed by atoms with Crippen LogP contribution in [0, 0.1) is 5.92 Å². The molecule has 4 rings (SSSR count). The predicted octanol–water partition coefficient (Wildman–Crippen LogP) is 6.63. The van der Waals surface area contributed by atoms with E-state index in [4.69, 9.17) is 16.3 Å². The first kappa shape index (κ1) is 29.0. The van der Waals surface area contributed by atoms with Gasteiger partial charge in [-0.25, -0.2) is 4.39 Å². The van der Waals surface area contributed by atoms with Crippen molar-refractivity contribution < 1.29 is 27.1 Å². The topological polar surface area (TPSA) is 46.5 Å².